The SMILES string of the molecule is COc1cccc(-c2ccn(-c3cc(N4CCOCC4)nc(OCC4CCCCO4)n3)n2)c1. The largest absolute Gasteiger partial charge is 0.497 e. The quantitative estimate of drug-likeness (QED) is 0.542. The summed E-state index contributed by atoms with van der Waals surface area (Å²) in [6.07, 6.45) is 5.25. The molecule has 9 nitrogen and oxygen atoms in total. The van der Waals surface area contributed by atoms with E-state index in [4.69, 9.17) is 24.0 Å². The minimum Gasteiger partial charge on any atom is -0.497 e. The summed E-state index contributed by atoms with van der Waals surface area (Å²) >= 11 is 0. The third kappa shape index (κ3) is 5.26. The lowest BCUT2D eigenvalue weighted by molar-refractivity contribution is -0.0129. The molecule has 0 spiro atoms. The standard InChI is InChI=1S/C24H29N5O4/c1-30-19-7-4-5-18(15-19)21-8-9-29(27-21)23-16-22(28-10-13-31-14-11-28)25-24(26-23)33-17-20-6-2-3-12-32-20/h4-5,7-9,15-16,20H,2-3,6,10-14,17H2,1H3. The highest BCUT2D eigenvalue weighted by Crippen LogP contribution is 2.25. The van der Waals surface area contributed by atoms with Gasteiger partial charge in [0.1, 0.15) is 18.2 Å². The van der Waals surface area contributed by atoms with Gasteiger partial charge in [-0.1, -0.05) is 12.1 Å². The molecule has 0 radical (unpaired) electrons. The number of methoxy groups -OCH3 is 1. The van der Waals surface area contributed by atoms with Gasteiger partial charge < -0.3 is 23.8 Å². The summed E-state index contributed by atoms with van der Waals surface area (Å²) in [7, 11) is 1.66. The van der Waals surface area contributed by atoms with Gasteiger partial charge in [-0.2, -0.15) is 15.1 Å². The predicted molar refractivity (Wildman–Crippen MR) is 123 cm³/mol. The summed E-state index contributed by atoms with van der Waals surface area (Å²) in [5.41, 5.74) is 1.81. The van der Waals surface area contributed by atoms with Crippen molar-refractivity contribution in [3.05, 3.63) is 42.6 Å². The van der Waals surface area contributed by atoms with E-state index in [0.29, 0.717) is 31.6 Å². The number of hydrogen-bond acceptors (Lipinski definition) is 8. The Balaban J connectivity index is 1.42. The lowest BCUT2D eigenvalue weighted by atomic mass is 10.1. The van der Waals surface area contributed by atoms with Gasteiger partial charge in [0.05, 0.1) is 32.1 Å². The molecule has 0 bridgehead atoms. The fraction of sp³-hybridized carbons (Fsp3) is 0.458. The molecule has 1 aromatic carbocycles. The monoisotopic (exact) mass is 451 g/mol. The van der Waals surface area contributed by atoms with Crippen LogP contribution in [0.5, 0.6) is 11.8 Å². The Morgan fingerprint density at radius 2 is 1.91 bits per heavy atom. The van der Waals surface area contributed by atoms with E-state index in [1.54, 1.807) is 11.8 Å². The van der Waals surface area contributed by atoms with Crippen molar-refractivity contribution in [3.63, 3.8) is 0 Å². The molecule has 2 fully saturated rings. The van der Waals surface area contributed by atoms with Gasteiger partial charge in [-0.05, 0) is 37.5 Å². The van der Waals surface area contributed by atoms with Crippen molar-refractivity contribution in [2.75, 3.05) is 51.5 Å². The van der Waals surface area contributed by atoms with Crippen molar-refractivity contribution >= 4 is 5.82 Å². The summed E-state index contributed by atoms with van der Waals surface area (Å²) in [5, 5.41) is 4.75. The average molecular weight is 452 g/mol. The van der Waals surface area contributed by atoms with E-state index in [9.17, 15) is 0 Å². The molecule has 174 valence electrons. The zero-order valence-corrected chi connectivity index (χ0v) is 18.9. The van der Waals surface area contributed by atoms with Crippen LogP contribution in [0.25, 0.3) is 17.1 Å². The van der Waals surface area contributed by atoms with Crippen LogP contribution in [0.1, 0.15) is 19.3 Å². The number of aromatic nitrogens is 4. The van der Waals surface area contributed by atoms with E-state index in [1.165, 1.54) is 0 Å². The first kappa shape index (κ1) is 21.7. The Labute approximate surface area is 193 Å². The maximum absolute atomic E-state index is 6.00. The van der Waals surface area contributed by atoms with Crippen LogP contribution in [0.2, 0.25) is 0 Å². The average Bonchev–Trinajstić information content (AvgIpc) is 3.39. The highest BCUT2D eigenvalue weighted by molar-refractivity contribution is 5.61. The highest BCUT2D eigenvalue weighted by atomic mass is 16.5. The summed E-state index contributed by atoms with van der Waals surface area (Å²) in [4.78, 5) is 11.5. The normalized spacial score (nSPS) is 18.8. The third-order valence-electron chi connectivity index (χ3n) is 5.88. The Kier molecular flexibility index (Phi) is 6.68. The van der Waals surface area contributed by atoms with Crippen LogP contribution in [0.4, 0.5) is 5.82 Å². The first-order chi connectivity index (χ1) is 16.3. The molecule has 33 heavy (non-hydrogen) atoms. The van der Waals surface area contributed by atoms with Crippen molar-refractivity contribution in [1.29, 1.82) is 0 Å². The van der Waals surface area contributed by atoms with E-state index in [1.807, 2.05) is 42.6 Å². The lowest BCUT2D eigenvalue weighted by Gasteiger charge is -2.28. The Morgan fingerprint density at radius 1 is 1.03 bits per heavy atom. The molecule has 5 rings (SSSR count). The summed E-state index contributed by atoms with van der Waals surface area (Å²) in [6.45, 7) is 4.13. The maximum Gasteiger partial charge on any atom is 0.320 e. The molecule has 2 aliphatic rings. The molecule has 3 aromatic rings. The summed E-state index contributed by atoms with van der Waals surface area (Å²) in [6, 6.07) is 12.1. The van der Waals surface area contributed by atoms with E-state index >= 15 is 0 Å². The fourth-order valence-corrected chi connectivity index (χ4v) is 4.03. The van der Waals surface area contributed by atoms with E-state index in [0.717, 1.165) is 61.8 Å². The number of morpholine rings is 1. The molecule has 1 atom stereocenters. The highest BCUT2D eigenvalue weighted by Gasteiger charge is 2.19. The van der Waals surface area contributed by atoms with Gasteiger partial charge >= 0.3 is 6.01 Å². The molecule has 1 unspecified atom stereocenters. The molecule has 0 N–H and O–H groups in total. The summed E-state index contributed by atoms with van der Waals surface area (Å²) in [5.74, 6) is 2.25. The summed E-state index contributed by atoms with van der Waals surface area (Å²) < 4.78 is 24.4. The van der Waals surface area contributed by atoms with Crippen molar-refractivity contribution in [2.24, 2.45) is 0 Å². The molecule has 4 heterocycles. The third-order valence-corrected chi connectivity index (χ3v) is 5.88. The van der Waals surface area contributed by atoms with Crippen LogP contribution < -0.4 is 14.4 Å². The zero-order chi connectivity index (χ0) is 22.5. The number of ether oxygens (including phenoxy) is 4. The molecule has 2 aromatic heterocycles. The molecular weight excluding hydrogens is 422 g/mol. The Bertz CT molecular complexity index is 1060. The maximum atomic E-state index is 6.00. The topological polar surface area (TPSA) is 83.8 Å². The van der Waals surface area contributed by atoms with E-state index in [-0.39, 0.29) is 6.10 Å². The predicted octanol–water partition coefficient (Wildman–Crippen LogP) is 3.12. The number of rotatable bonds is 7. The number of hydrogen-bond donors (Lipinski definition) is 0. The van der Waals surface area contributed by atoms with Gasteiger partial charge in [-0.25, -0.2) is 4.68 Å². The van der Waals surface area contributed by atoms with Crippen LogP contribution in [0.15, 0.2) is 42.6 Å². The van der Waals surface area contributed by atoms with Gasteiger partial charge in [0.15, 0.2) is 5.82 Å². The van der Waals surface area contributed by atoms with Crippen molar-refractivity contribution in [3.8, 4) is 28.8 Å². The zero-order valence-electron chi connectivity index (χ0n) is 18.9. The first-order valence-electron chi connectivity index (χ1n) is 11.5. The van der Waals surface area contributed by atoms with Gasteiger partial charge in [-0.15, -0.1) is 0 Å². The molecule has 9 heteroatoms. The smallest absolute Gasteiger partial charge is 0.320 e. The van der Waals surface area contributed by atoms with Gasteiger partial charge in [-0.3, -0.25) is 0 Å². The second-order valence-electron chi connectivity index (χ2n) is 8.14. The number of benzene rings is 1. The van der Waals surface area contributed by atoms with E-state index < -0.39 is 0 Å². The molecule has 0 saturated carbocycles. The molecule has 0 amide bonds. The van der Waals surface area contributed by atoms with Gasteiger partial charge in [0.2, 0.25) is 0 Å². The minimum absolute atomic E-state index is 0.0854. The molecular formula is C24H29N5O4. The van der Waals surface area contributed by atoms with Crippen LogP contribution in [0.3, 0.4) is 0 Å². The van der Waals surface area contributed by atoms with Crippen LogP contribution in [0, 0.1) is 0 Å². The lowest BCUT2D eigenvalue weighted by Crippen LogP contribution is -2.37. The number of nitrogens with zero attached hydrogens (tertiary/aromatic N) is 5. The van der Waals surface area contributed by atoms with Gasteiger partial charge in [0, 0.05) is 37.5 Å². The molecule has 2 saturated heterocycles. The van der Waals surface area contributed by atoms with Gasteiger partial charge in [0.25, 0.3) is 0 Å². The molecule has 0 aliphatic carbocycles. The van der Waals surface area contributed by atoms with Crippen LogP contribution >= 0.6 is 0 Å². The second kappa shape index (κ2) is 10.2. The van der Waals surface area contributed by atoms with Crippen molar-refractivity contribution in [2.45, 2.75) is 25.4 Å². The fourth-order valence-electron chi connectivity index (χ4n) is 4.03. The van der Waals surface area contributed by atoms with Crippen LogP contribution in [-0.4, -0.2) is 72.5 Å². The second-order valence-corrected chi connectivity index (χ2v) is 8.14. The Morgan fingerprint density at radius 3 is 2.73 bits per heavy atom. The first-order valence-corrected chi connectivity index (χ1v) is 11.5. The van der Waals surface area contributed by atoms with E-state index in [2.05, 4.69) is 14.9 Å². The molecule has 2 aliphatic heterocycles. The van der Waals surface area contributed by atoms with Crippen molar-refractivity contribution < 1.29 is 18.9 Å². The van der Waals surface area contributed by atoms with Crippen LogP contribution in [-0.2, 0) is 9.47 Å². The number of anilines is 1. The Hall–Kier alpha value is -3.17. The minimum atomic E-state index is 0.0854. The van der Waals surface area contributed by atoms with Crippen molar-refractivity contribution in [1.82, 2.24) is 19.7 Å².